The fourth-order valence-electron chi connectivity index (χ4n) is 3.69. The second-order valence-electron chi connectivity index (χ2n) is 4.97. The average Bonchev–Trinajstić information content (AvgIpc) is 2.82. The monoisotopic (exact) mass is 224 g/mol. The van der Waals surface area contributed by atoms with Crippen LogP contribution in [0, 0.1) is 0 Å². The number of nitrogens with zero attached hydrogens (tertiary/aromatic N) is 2. The Hall–Kier alpha value is -1.10. The molecule has 1 amide bonds. The van der Waals surface area contributed by atoms with Gasteiger partial charge in [-0.05, 0) is 25.8 Å². The van der Waals surface area contributed by atoms with Crippen molar-refractivity contribution >= 4 is 11.9 Å². The van der Waals surface area contributed by atoms with Crippen molar-refractivity contribution in [1.29, 1.82) is 0 Å². The van der Waals surface area contributed by atoms with E-state index in [1.165, 1.54) is 0 Å². The Morgan fingerprint density at radius 3 is 2.94 bits per heavy atom. The maximum absolute atomic E-state index is 11.8. The molecule has 5 nitrogen and oxygen atoms in total. The zero-order valence-corrected chi connectivity index (χ0v) is 9.19. The number of aliphatic carboxylic acids is 1. The number of fused-ring (bicyclic) bond motifs is 3. The Morgan fingerprint density at radius 1 is 1.38 bits per heavy atom. The Morgan fingerprint density at radius 2 is 2.19 bits per heavy atom. The highest BCUT2D eigenvalue weighted by Gasteiger charge is 2.60. The van der Waals surface area contributed by atoms with Crippen LogP contribution in [0.4, 0.5) is 0 Å². The number of carboxylic acids is 1. The lowest BCUT2D eigenvalue weighted by Gasteiger charge is -2.47. The van der Waals surface area contributed by atoms with Crippen LogP contribution in [0.5, 0.6) is 0 Å². The molecule has 3 saturated heterocycles. The van der Waals surface area contributed by atoms with Gasteiger partial charge in [0.1, 0.15) is 0 Å². The van der Waals surface area contributed by atoms with Gasteiger partial charge in [-0.15, -0.1) is 0 Å². The number of piperazine rings is 1. The molecule has 3 aliphatic heterocycles. The summed E-state index contributed by atoms with van der Waals surface area (Å²) in [5.41, 5.74) is -0.911. The lowest BCUT2D eigenvalue weighted by atomic mass is 9.84. The Kier molecular flexibility index (Phi) is 2.01. The first kappa shape index (κ1) is 10.1. The number of hydrogen-bond acceptors (Lipinski definition) is 3. The van der Waals surface area contributed by atoms with E-state index in [-0.39, 0.29) is 11.9 Å². The standard InChI is InChI=1S/C11H16N2O3/c14-9-3-4-11(10(15)16)8-2-1-5-12(8)6-7-13(9)11/h8H,1-7H2,(H,15,16). The molecule has 3 rings (SSSR count). The lowest BCUT2D eigenvalue weighted by Crippen LogP contribution is -2.68. The molecule has 0 aromatic carbocycles. The molecule has 0 radical (unpaired) electrons. The van der Waals surface area contributed by atoms with E-state index in [9.17, 15) is 14.7 Å². The lowest BCUT2D eigenvalue weighted by molar-refractivity contribution is -0.163. The molecule has 3 aliphatic rings. The predicted octanol–water partition coefficient (Wildman–Crippen LogP) is -0.0898. The maximum atomic E-state index is 11.8. The van der Waals surface area contributed by atoms with Crippen LogP contribution in [0.3, 0.4) is 0 Å². The van der Waals surface area contributed by atoms with Gasteiger partial charge in [0.25, 0.3) is 0 Å². The molecular weight excluding hydrogens is 208 g/mol. The van der Waals surface area contributed by atoms with E-state index in [2.05, 4.69) is 4.90 Å². The zero-order valence-electron chi connectivity index (χ0n) is 9.19. The van der Waals surface area contributed by atoms with Crippen molar-refractivity contribution in [3.63, 3.8) is 0 Å². The summed E-state index contributed by atoms with van der Waals surface area (Å²) in [4.78, 5) is 27.3. The van der Waals surface area contributed by atoms with E-state index in [0.717, 1.165) is 25.9 Å². The summed E-state index contributed by atoms with van der Waals surface area (Å²) < 4.78 is 0. The molecule has 2 atom stereocenters. The van der Waals surface area contributed by atoms with Gasteiger partial charge in [0, 0.05) is 25.6 Å². The van der Waals surface area contributed by atoms with Crippen LogP contribution in [0.2, 0.25) is 0 Å². The minimum absolute atomic E-state index is 0.0222. The van der Waals surface area contributed by atoms with Crippen molar-refractivity contribution in [3.8, 4) is 0 Å². The Bertz CT molecular complexity index is 357. The largest absolute Gasteiger partial charge is 0.479 e. The molecule has 0 spiro atoms. The number of carbonyl (C=O) groups is 2. The Labute approximate surface area is 94.0 Å². The summed E-state index contributed by atoms with van der Waals surface area (Å²) in [6.45, 7) is 2.41. The smallest absolute Gasteiger partial charge is 0.331 e. The van der Waals surface area contributed by atoms with E-state index in [1.54, 1.807) is 4.90 Å². The van der Waals surface area contributed by atoms with Gasteiger partial charge in [-0.25, -0.2) is 4.79 Å². The normalized spacial score (nSPS) is 38.6. The Balaban J connectivity index is 2.04. The quantitative estimate of drug-likeness (QED) is 0.676. The molecule has 0 aromatic heterocycles. The molecular formula is C11H16N2O3. The highest BCUT2D eigenvalue weighted by atomic mass is 16.4. The summed E-state index contributed by atoms with van der Waals surface area (Å²) in [6, 6.07) is 0.0465. The second kappa shape index (κ2) is 3.20. The van der Waals surface area contributed by atoms with E-state index < -0.39 is 11.5 Å². The topological polar surface area (TPSA) is 60.9 Å². The number of carboxylic acid groups (broad SMARTS) is 1. The molecule has 3 fully saturated rings. The molecule has 88 valence electrons. The molecule has 0 saturated carbocycles. The third-order valence-corrected chi connectivity index (χ3v) is 4.40. The van der Waals surface area contributed by atoms with Gasteiger partial charge in [0.2, 0.25) is 5.91 Å². The SMILES string of the molecule is O=C1CCC2(C(=O)O)C3CCCN3CCN12. The van der Waals surface area contributed by atoms with Crippen molar-refractivity contribution in [2.75, 3.05) is 19.6 Å². The summed E-state index contributed by atoms with van der Waals surface area (Å²) in [5.74, 6) is -0.788. The third-order valence-electron chi connectivity index (χ3n) is 4.40. The van der Waals surface area contributed by atoms with Crippen molar-refractivity contribution in [2.24, 2.45) is 0 Å². The maximum Gasteiger partial charge on any atom is 0.331 e. The molecule has 0 aliphatic carbocycles. The van der Waals surface area contributed by atoms with Gasteiger partial charge in [-0.1, -0.05) is 0 Å². The number of hydrogen-bond donors (Lipinski definition) is 1. The van der Waals surface area contributed by atoms with E-state index in [0.29, 0.717) is 19.4 Å². The summed E-state index contributed by atoms with van der Waals surface area (Å²) >= 11 is 0. The van der Waals surface area contributed by atoms with Crippen LogP contribution in [-0.4, -0.2) is 58.0 Å². The first-order valence-electron chi connectivity index (χ1n) is 5.94. The van der Waals surface area contributed by atoms with E-state index in [4.69, 9.17) is 0 Å². The first-order valence-corrected chi connectivity index (χ1v) is 5.94. The minimum Gasteiger partial charge on any atom is -0.479 e. The molecule has 16 heavy (non-hydrogen) atoms. The van der Waals surface area contributed by atoms with Crippen molar-refractivity contribution in [2.45, 2.75) is 37.3 Å². The average molecular weight is 224 g/mol. The van der Waals surface area contributed by atoms with Gasteiger partial charge in [-0.3, -0.25) is 9.69 Å². The van der Waals surface area contributed by atoms with Crippen LogP contribution in [0.25, 0.3) is 0 Å². The minimum atomic E-state index is -0.911. The van der Waals surface area contributed by atoms with Crippen LogP contribution >= 0.6 is 0 Å². The van der Waals surface area contributed by atoms with Crippen LogP contribution in [0.15, 0.2) is 0 Å². The highest BCUT2D eigenvalue weighted by Crippen LogP contribution is 2.42. The number of carbonyl (C=O) groups excluding carboxylic acids is 1. The zero-order chi connectivity index (χ0) is 11.3. The van der Waals surface area contributed by atoms with Gasteiger partial charge < -0.3 is 10.0 Å². The van der Waals surface area contributed by atoms with Crippen molar-refractivity contribution in [1.82, 2.24) is 9.80 Å². The molecule has 0 bridgehead atoms. The van der Waals surface area contributed by atoms with Crippen LogP contribution in [0.1, 0.15) is 25.7 Å². The molecule has 0 aromatic rings. The van der Waals surface area contributed by atoms with Gasteiger partial charge in [-0.2, -0.15) is 0 Å². The van der Waals surface area contributed by atoms with Gasteiger partial charge in [0.05, 0.1) is 0 Å². The fraction of sp³-hybridized carbons (Fsp3) is 0.818. The molecule has 3 heterocycles. The first-order chi connectivity index (χ1) is 7.66. The van der Waals surface area contributed by atoms with Crippen molar-refractivity contribution < 1.29 is 14.7 Å². The van der Waals surface area contributed by atoms with Gasteiger partial charge in [0.15, 0.2) is 5.54 Å². The summed E-state index contributed by atoms with van der Waals surface area (Å²) in [7, 11) is 0. The highest BCUT2D eigenvalue weighted by molar-refractivity contribution is 5.92. The van der Waals surface area contributed by atoms with E-state index >= 15 is 0 Å². The third kappa shape index (κ3) is 1.04. The second-order valence-corrected chi connectivity index (χ2v) is 4.97. The summed E-state index contributed by atoms with van der Waals surface area (Å²) in [5, 5.41) is 9.54. The van der Waals surface area contributed by atoms with Gasteiger partial charge >= 0.3 is 5.97 Å². The molecule has 5 heteroatoms. The number of rotatable bonds is 1. The number of amides is 1. The predicted molar refractivity (Wildman–Crippen MR) is 55.9 cm³/mol. The van der Waals surface area contributed by atoms with Crippen LogP contribution < -0.4 is 0 Å². The fourth-order valence-corrected chi connectivity index (χ4v) is 3.69. The molecule has 2 unspecified atom stereocenters. The summed E-state index contributed by atoms with van der Waals surface area (Å²) in [6.07, 6.45) is 2.86. The van der Waals surface area contributed by atoms with Crippen LogP contribution in [-0.2, 0) is 9.59 Å². The van der Waals surface area contributed by atoms with E-state index in [1.807, 2.05) is 0 Å². The van der Waals surface area contributed by atoms with Crippen molar-refractivity contribution in [3.05, 3.63) is 0 Å². The molecule has 1 N–H and O–H groups in total.